The molecule has 1 aromatic carbocycles. The number of alkyl halides is 1. The van der Waals surface area contributed by atoms with Gasteiger partial charge in [-0.3, -0.25) is 0 Å². The first kappa shape index (κ1) is 15.4. The second kappa shape index (κ2) is 7.03. The summed E-state index contributed by atoms with van der Waals surface area (Å²) in [7, 11) is 0. The summed E-state index contributed by atoms with van der Waals surface area (Å²) < 4.78 is 11.5. The third-order valence-electron chi connectivity index (χ3n) is 2.60. The standard InChI is InChI=1S/C15H23BrO2/c1-5-17-13-8-6-7-12(11-16)14(13)18-10-9-15(2,3)4/h6-8H,5,9-11H2,1-4H3. The first-order valence-corrected chi connectivity index (χ1v) is 7.53. The van der Waals surface area contributed by atoms with E-state index in [4.69, 9.17) is 9.47 Å². The molecular formula is C15H23BrO2. The molecule has 102 valence electrons. The summed E-state index contributed by atoms with van der Waals surface area (Å²) in [6.45, 7) is 10.0. The molecule has 0 aliphatic carbocycles. The lowest BCUT2D eigenvalue weighted by Crippen LogP contribution is -2.12. The van der Waals surface area contributed by atoms with Gasteiger partial charge in [0.15, 0.2) is 11.5 Å². The minimum atomic E-state index is 0.287. The molecule has 0 radical (unpaired) electrons. The molecule has 0 spiro atoms. The third-order valence-corrected chi connectivity index (χ3v) is 3.21. The highest BCUT2D eigenvalue weighted by Crippen LogP contribution is 2.33. The highest BCUT2D eigenvalue weighted by Gasteiger charge is 2.13. The average molecular weight is 315 g/mol. The summed E-state index contributed by atoms with van der Waals surface area (Å²) in [6.07, 6.45) is 1.02. The molecular weight excluding hydrogens is 292 g/mol. The van der Waals surface area contributed by atoms with Crippen LogP contribution in [0.4, 0.5) is 0 Å². The number of halogens is 1. The normalized spacial score (nSPS) is 11.4. The van der Waals surface area contributed by atoms with Crippen LogP contribution in [0.5, 0.6) is 11.5 Å². The van der Waals surface area contributed by atoms with Crippen molar-refractivity contribution in [1.29, 1.82) is 0 Å². The van der Waals surface area contributed by atoms with Gasteiger partial charge >= 0.3 is 0 Å². The molecule has 0 atom stereocenters. The predicted octanol–water partition coefficient (Wildman–Crippen LogP) is 4.80. The van der Waals surface area contributed by atoms with Crippen molar-refractivity contribution in [2.45, 2.75) is 39.4 Å². The van der Waals surface area contributed by atoms with Crippen molar-refractivity contribution in [1.82, 2.24) is 0 Å². The second-order valence-electron chi connectivity index (χ2n) is 5.47. The fourth-order valence-electron chi connectivity index (χ4n) is 1.56. The lowest BCUT2D eigenvalue weighted by Gasteiger charge is -2.20. The summed E-state index contributed by atoms with van der Waals surface area (Å²) in [6, 6.07) is 6.02. The number of para-hydroxylation sites is 1. The van der Waals surface area contributed by atoms with Gasteiger partial charge in [-0.1, -0.05) is 48.8 Å². The summed E-state index contributed by atoms with van der Waals surface area (Å²) in [5.41, 5.74) is 1.42. The van der Waals surface area contributed by atoms with E-state index in [1.165, 1.54) is 0 Å². The lowest BCUT2D eigenvalue weighted by atomic mass is 9.93. The smallest absolute Gasteiger partial charge is 0.165 e. The van der Waals surface area contributed by atoms with Crippen LogP contribution in [0.25, 0.3) is 0 Å². The topological polar surface area (TPSA) is 18.5 Å². The van der Waals surface area contributed by atoms with E-state index < -0.39 is 0 Å². The zero-order valence-electron chi connectivity index (χ0n) is 11.8. The van der Waals surface area contributed by atoms with E-state index in [9.17, 15) is 0 Å². The number of benzene rings is 1. The number of hydrogen-bond acceptors (Lipinski definition) is 2. The van der Waals surface area contributed by atoms with Gasteiger partial charge in [0.05, 0.1) is 13.2 Å². The Morgan fingerprint density at radius 3 is 2.44 bits per heavy atom. The van der Waals surface area contributed by atoms with Crippen molar-refractivity contribution in [3.8, 4) is 11.5 Å². The SMILES string of the molecule is CCOc1cccc(CBr)c1OCCC(C)(C)C. The quantitative estimate of drug-likeness (QED) is 0.702. The van der Waals surface area contributed by atoms with Crippen LogP contribution < -0.4 is 9.47 Å². The molecule has 1 rings (SSSR count). The maximum Gasteiger partial charge on any atom is 0.165 e. The van der Waals surface area contributed by atoms with Crippen molar-refractivity contribution >= 4 is 15.9 Å². The van der Waals surface area contributed by atoms with Crippen LogP contribution >= 0.6 is 15.9 Å². The van der Waals surface area contributed by atoms with Gasteiger partial charge in [0.2, 0.25) is 0 Å². The van der Waals surface area contributed by atoms with Gasteiger partial charge in [-0.25, -0.2) is 0 Å². The van der Waals surface area contributed by atoms with E-state index in [0.717, 1.165) is 28.8 Å². The van der Waals surface area contributed by atoms with E-state index in [1.54, 1.807) is 0 Å². The molecule has 0 saturated heterocycles. The van der Waals surface area contributed by atoms with Crippen molar-refractivity contribution < 1.29 is 9.47 Å². The van der Waals surface area contributed by atoms with Crippen molar-refractivity contribution in [3.63, 3.8) is 0 Å². The fraction of sp³-hybridized carbons (Fsp3) is 0.600. The van der Waals surface area contributed by atoms with Crippen LogP contribution in [0, 0.1) is 5.41 Å². The van der Waals surface area contributed by atoms with Crippen LogP contribution in [-0.2, 0) is 5.33 Å². The molecule has 0 bridgehead atoms. The summed E-state index contributed by atoms with van der Waals surface area (Å²) in [4.78, 5) is 0. The Hall–Kier alpha value is -0.700. The Morgan fingerprint density at radius 2 is 1.89 bits per heavy atom. The minimum Gasteiger partial charge on any atom is -0.490 e. The van der Waals surface area contributed by atoms with Crippen LogP contribution in [0.1, 0.15) is 39.7 Å². The van der Waals surface area contributed by atoms with Gasteiger partial charge in [0, 0.05) is 10.9 Å². The van der Waals surface area contributed by atoms with E-state index in [-0.39, 0.29) is 5.41 Å². The Kier molecular flexibility index (Phi) is 6.00. The minimum absolute atomic E-state index is 0.287. The predicted molar refractivity (Wildman–Crippen MR) is 79.8 cm³/mol. The summed E-state index contributed by atoms with van der Waals surface area (Å²) in [5.74, 6) is 1.71. The zero-order chi connectivity index (χ0) is 13.6. The third kappa shape index (κ3) is 4.89. The molecule has 0 heterocycles. The highest BCUT2D eigenvalue weighted by atomic mass is 79.9. The van der Waals surface area contributed by atoms with E-state index in [0.29, 0.717) is 13.2 Å². The fourth-order valence-corrected chi connectivity index (χ4v) is 2.00. The van der Waals surface area contributed by atoms with Crippen molar-refractivity contribution in [3.05, 3.63) is 23.8 Å². The van der Waals surface area contributed by atoms with Crippen LogP contribution in [-0.4, -0.2) is 13.2 Å². The van der Waals surface area contributed by atoms with Gasteiger partial charge in [-0.05, 0) is 24.8 Å². The molecule has 1 aromatic rings. The molecule has 0 fully saturated rings. The van der Waals surface area contributed by atoms with Crippen LogP contribution in [0.3, 0.4) is 0 Å². The Morgan fingerprint density at radius 1 is 1.17 bits per heavy atom. The molecule has 18 heavy (non-hydrogen) atoms. The molecule has 0 unspecified atom stereocenters. The molecule has 0 saturated carbocycles. The first-order valence-electron chi connectivity index (χ1n) is 6.41. The highest BCUT2D eigenvalue weighted by molar-refractivity contribution is 9.08. The monoisotopic (exact) mass is 314 g/mol. The molecule has 0 aliphatic rings. The molecule has 3 heteroatoms. The number of rotatable bonds is 6. The molecule has 0 N–H and O–H groups in total. The second-order valence-corrected chi connectivity index (χ2v) is 6.03. The maximum absolute atomic E-state index is 5.93. The van der Waals surface area contributed by atoms with Gasteiger partial charge < -0.3 is 9.47 Å². The average Bonchev–Trinajstić information content (AvgIpc) is 2.29. The van der Waals surface area contributed by atoms with Crippen molar-refractivity contribution in [2.24, 2.45) is 5.41 Å². The number of ether oxygens (including phenoxy) is 2. The van der Waals surface area contributed by atoms with Gasteiger partial charge in [0.1, 0.15) is 0 Å². The Bertz CT molecular complexity index is 369. The van der Waals surface area contributed by atoms with Crippen LogP contribution in [0.15, 0.2) is 18.2 Å². The zero-order valence-corrected chi connectivity index (χ0v) is 13.3. The van der Waals surface area contributed by atoms with E-state index >= 15 is 0 Å². The largest absolute Gasteiger partial charge is 0.490 e. The molecule has 0 amide bonds. The van der Waals surface area contributed by atoms with Crippen LogP contribution in [0.2, 0.25) is 0 Å². The van der Waals surface area contributed by atoms with Crippen molar-refractivity contribution in [2.75, 3.05) is 13.2 Å². The number of hydrogen-bond donors (Lipinski definition) is 0. The maximum atomic E-state index is 5.93. The molecule has 2 nitrogen and oxygen atoms in total. The molecule has 0 aromatic heterocycles. The Balaban J connectivity index is 2.77. The van der Waals surface area contributed by atoms with Gasteiger partial charge in [-0.2, -0.15) is 0 Å². The Labute approximate surface area is 119 Å². The molecule has 0 aliphatic heterocycles. The first-order chi connectivity index (χ1) is 8.48. The van der Waals surface area contributed by atoms with E-state index in [1.807, 2.05) is 19.1 Å². The summed E-state index contributed by atoms with van der Waals surface area (Å²) >= 11 is 3.49. The van der Waals surface area contributed by atoms with Gasteiger partial charge in [-0.15, -0.1) is 0 Å². The summed E-state index contributed by atoms with van der Waals surface area (Å²) in [5, 5.41) is 0.777. The lowest BCUT2D eigenvalue weighted by molar-refractivity contribution is 0.228. The van der Waals surface area contributed by atoms with E-state index in [2.05, 4.69) is 42.8 Å². The van der Waals surface area contributed by atoms with Gasteiger partial charge in [0.25, 0.3) is 0 Å².